The van der Waals surface area contributed by atoms with Crippen LogP contribution in [0.15, 0.2) is 94.4 Å². The summed E-state index contributed by atoms with van der Waals surface area (Å²) in [7, 11) is 1.58. The molecule has 33 heavy (non-hydrogen) atoms. The maximum atomic E-state index is 13.4. The molecule has 3 aromatic carbocycles. The first kappa shape index (κ1) is 21.3. The molecular weight excluding hydrogens is 500 g/mol. The zero-order chi connectivity index (χ0) is 22.9. The van der Waals surface area contributed by atoms with E-state index in [0.717, 1.165) is 15.4 Å². The minimum absolute atomic E-state index is 0.132. The zero-order valence-corrected chi connectivity index (χ0v) is 19.9. The van der Waals surface area contributed by atoms with Crippen LogP contribution in [0.25, 0.3) is 16.4 Å². The number of carbonyl (C=O) groups is 2. The standard InChI is InChI=1S/C26H17BrN2O3S/c1-32-20-13-8-17(9-14-20)23(30)24-22-15-10-16-4-2-3-5-21(16)29(22)26(33-24)28-25(31)18-6-11-19(27)12-7-18/h2-15H,1H3. The molecule has 0 bridgehead atoms. The molecule has 5 nitrogen and oxygen atoms in total. The summed E-state index contributed by atoms with van der Waals surface area (Å²) in [6.45, 7) is 0. The maximum absolute atomic E-state index is 13.4. The van der Waals surface area contributed by atoms with Crippen LogP contribution in [0.4, 0.5) is 0 Å². The van der Waals surface area contributed by atoms with Gasteiger partial charge in [0.25, 0.3) is 5.91 Å². The lowest BCUT2D eigenvalue weighted by molar-refractivity contribution is 0.0996. The van der Waals surface area contributed by atoms with Crippen molar-refractivity contribution in [3.05, 3.63) is 110 Å². The number of hydrogen-bond donors (Lipinski definition) is 0. The summed E-state index contributed by atoms with van der Waals surface area (Å²) in [6, 6.07) is 25.7. The van der Waals surface area contributed by atoms with Gasteiger partial charge in [0.15, 0.2) is 4.80 Å². The Bertz CT molecular complexity index is 1580. The number of nitrogens with zero attached hydrogens (tertiary/aromatic N) is 2. The van der Waals surface area contributed by atoms with Gasteiger partial charge in [0, 0.05) is 15.6 Å². The summed E-state index contributed by atoms with van der Waals surface area (Å²) in [5.74, 6) is 0.182. The van der Waals surface area contributed by atoms with E-state index in [0.29, 0.717) is 32.1 Å². The van der Waals surface area contributed by atoms with Crippen LogP contribution >= 0.6 is 27.3 Å². The van der Waals surface area contributed by atoms with E-state index in [2.05, 4.69) is 20.9 Å². The summed E-state index contributed by atoms with van der Waals surface area (Å²) in [6.07, 6.45) is 0. The average molecular weight is 517 g/mol. The smallest absolute Gasteiger partial charge is 0.279 e. The van der Waals surface area contributed by atoms with Crippen LogP contribution in [0.3, 0.4) is 0 Å². The summed E-state index contributed by atoms with van der Waals surface area (Å²) < 4.78 is 7.97. The molecule has 0 N–H and O–H groups in total. The number of amides is 1. The number of thiazole rings is 1. The fraction of sp³-hybridized carbons (Fsp3) is 0.0385. The van der Waals surface area contributed by atoms with E-state index >= 15 is 0 Å². The van der Waals surface area contributed by atoms with E-state index < -0.39 is 0 Å². The van der Waals surface area contributed by atoms with E-state index in [1.807, 2.05) is 40.8 Å². The van der Waals surface area contributed by atoms with Gasteiger partial charge in [-0.15, -0.1) is 0 Å². The summed E-state index contributed by atoms with van der Waals surface area (Å²) in [5.41, 5.74) is 2.60. The Morgan fingerprint density at radius 2 is 1.55 bits per heavy atom. The van der Waals surface area contributed by atoms with E-state index in [1.165, 1.54) is 11.3 Å². The minimum Gasteiger partial charge on any atom is -0.497 e. The van der Waals surface area contributed by atoms with Crippen LogP contribution in [0.2, 0.25) is 0 Å². The predicted molar refractivity (Wildman–Crippen MR) is 133 cm³/mol. The second-order valence-electron chi connectivity index (χ2n) is 7.31. The van der Waals surface area contributed by atoms with E-state index in [4.69, 9.17) is 4.74 Å². The highest BCUT2D eigenvalue weighted by atomic mass is 79.9. The fourth-order valence-electron chi connectivity index (χ4n) is 3.63. The third kappa shape index (κ3) is 4.01. The summed E-state index contributed by atoms with van der Waals surface area (Å²) >= 11 is 4.59. The second kappa shape index (κ2) is 8.77. The van der Waals surface area contributed by atoms with E-state index in [1.54, 1.807) is 55.6 Å². The van der Waals surface area contributed by atoms with Gasteiger partial charge in [-0.25, -0.2) is 0 Å². The molecule has 0 spiro atoms. The normalized spacial score (nSPS) is 11.8. The Balaban J connectivity index is 1.73. The number of ketones is 1. The molecule has 7 heteroatoms. The van der Waals surface area contributed by atoms with E-state index in [-0.39, 0.29) is 11.7 Å². The molecule has 0 saturated heterocycles. The number of halogens is 1. The number of fused-ring (bicyclic) bond motifs is 3. The van der Waals surface area contributed by atoms with Crippen molar-refractivity contribution in [2.75, 3.05) is 7.11 Å². The van der Waals surface area contributed by atoms with Gasteiger partial charge in [0.1, 0.15) is 10.6 Å². The number of hydrogen-bond acceptors (Lipinski definition) is 4. The van der Waals surface area contributed by atoms with Gasteiger partial charge in [-0.3, -0.25) is 14.0 Å². The molecule has 0 saturated carbocycles. The first-order chi connectivity index (χ1) is 16.0. The molecule has 0 aliphatic rings. The van der Waals surface area contributed by atoms with Crippen LogP contribution in [0, 0.1) is 0 Å². The van der Waals surface area contributed by atoms with Crippen molar-refractivity contribution in [3.63, 3.8) is 0 Å². The first-order valence-electron chi connectivity index (χ1n) is 10.1. The molecule has 2 aromatic heterocycles. The lowest BCUT2D eigenvalue weighted by Crippen LogP contribution is -2.11. The molecule has 0 radical (unpaired) electrons. The maximum Gasteiger partial charge on any atom is 0.279 e. The molecule has 2 heterocycles. The van der Waals surface area contributed by atoms with Gasteiger partial charge in [-0.1, -0.05) is 51.5 Å². The Kier molecular flexibility index (Phi) is 5.66. The van der Waals surface area contributed by atoms with Crippen molar-refractivity contribution >= 4 is 55.4 Å². The van der Waals surface area contributed by atoms with Gasteiger partial charge in [-0.05, 0) is 66.0 Å². The minimum atomic E-state index is -0.366. The second-order valence-corrected chi connectivity index (χ2v) is 9.20. The lowest BCUT2D eigenvalue weighted by atomic mass is 10.1. The van der Waals surface area contributed by atoms with Crippen molar-refractivity contribution in [1.82, 2.24) is 4.40 Å². The SMILES string of the molecule is COc1ccc(C(=O)c2sc(=NC(=O)c3ccc(Br)cc3)n3c2ccc2ccccc23)cc1. The summed E-state index contributed by atoms with van der Waals surface area (Å²) in [5, 5.41) is 0.990. The highest BCUT2D eigenvalue weighted by molar-refractivity contribution is 9.10. The molecule has 5 aromatic rings. The van der Waals surface area contributed by atoms with Gasteiger partial charge in [0.2, 0.25) is 5.78 Å². The van der Waals surface area contributed by atoms with E-state index in [9.17, 15) is 9.59 Å². The lowest BCUT2D eigenvalue weighted by Gasteiger charge is -2.04. The van der Waals surface area contributed by atoms with Crippen molar-refractivity contribution in [1.29, 1.82) is 0 Å². The molecule has 0 fully saturated rings. The van der Waals surface area contributed by atoms with Crippen molar-refractivity contribution in [3.8, 4) is 5.75 Å². The molecule has 0 unspecified atom stereocenters. The number of para-hydroxylation sites is 1. The van der Waals surface area contributed by atoms with Crippen LogP contribution in [0.1, 0.15) is 25.6 Å². The Hall–Kier alpha value is -3.55. The topological polar surface area (TPSA) is 60.1 Å². The Morgan fingerprint density at radius 3 is 2.27 bits per heavy atom. The zero-order valence-electron chi connectivity index (χ0n) is 17.5. The van der Waals surface area contributed by atoms with Crippen LogP contribution in [-0.4, -0.2) is 23.2 Å². The van der Waals surface area contributed by atoms with Crippen LogP contribution in [0.5, 0.6) is 5.75 Å². The van der Waals surface area contributed by atoms with Gasteiger partial charge in [0.05, 0.1) is 18.1 Å². The first-order valence-corrected chi connectivity index (χ1v) is 11.7. The van der Waals surface area contributed by atoms with Crippen molar-refractivity contribution < 1.29 is 14.3 Å². The molecule has 162 valence electrons. The predicted octanol–water partition coefficient (Wildman–Crippen LogP) is 5.90. The summed E-state index contributed by atoms with van der Waals surface area (Å²) in [4.78, 5) is 31.8. The number of aromatic nitrogens is 1. The van der Waals surface area contributed by atoms with Crippen molar-refractivity contribution in [2.24, 2.45) is 4.99 Å². The average Bonchev–Trinajstić information content (AvgIpc) is 3.22. The number of carbonyl (C=O) groups excluding carboxylic acids is 2. The molecule has 0 aliphatic heterocycles. The van der Waals surface area contributed by atoms with Gasteiger partial charge in [-0.2, -0.15) is 4.99 Å². The largest absolute Gasteiger partial charge is 0.497 e. The van der Waals surface area contributed by atoms with Gasteiger partial charge >= 0.3 is 0 Å². The molecule has 0 atom stereocenters. The quantitative estimate of drug-likeness (QED) is 0.279. The number of pyridine rings is 1. The third-order valence-corrected chi connectivity index (χ3v) is 6.89. The third-order valence-electron chi connectivity index (χ3n) is 5.30. The molecular formula is C26H17BrN2O3S. The monoisotopic (exact) mass is 516 g/mol. The van der Waals surface area contributed by atoms with Gasteiger partial charge < -0.3 is 4.74 Å². The molecule has 5 rings (SSSR count). The van der Waals surface area contributed by atoms with Crippen molar-refractivity contribution in [2.45, 2.75) is 0 Å². The molecule has 0 aliphatic carbocycles. The Labute approximate surface area is 201 Å². The molecule has 1 amide bonds. The van der Waals surface area contributed by atoms with Crippen LogP contribution < -0.4 is 9.54 Å². The highest BCUT2D eigenvalue weighted by Gasteiger charge is 2.19. The number of rotatable bonds is 4. The Morgan fingerprint density at radius 1 is 0.848 bits per heavy atom. The van der Waals surface area contributed by atoms with Crippen LogP contribution in [-0.2, 0) is 0 Å². The fourth-order valence-corrected chi connectivity index (χ4v) is 4.97. The number of benzene rings is 3. The highest BCUT2D eigenvalue weighted by Crippen LogP contribution is 2.25. The number of methoxy groups -OCH3 is 1. The number of ether oxygens (including phenoxy) is 1.